The summed E-state index contributed by atoms with van der Waals surface area (Å²) in [4.78, 5) is 6.20. The molecule has 2 atom stereocenters. The van der Waals surface area contributed by atoms with Gasteiger partial charge in [-0.1, -0.05) is 54.6 Å². The van der Waals surface area contributed by atoms with Gasteiger partial charge in [0.15, 0.2) is 0 Å². The number of rotatable bonds is 5. The zero-order chi connectivity index (χ0) is 24.0. The SMILES string of the molecule is COc1cccc(C23CCN(CCc4ccccc4)CC2(O)Cc2c([nH]c4cccc(C)c24)C3)c1. The number of aryl methyl sites for hydroxylation is 1. The first-order chi connectivity index (χ1) is 17.0. The van der Waals surface area contributed by atoms with Crippen LogP contribution in [0.25, 0.3) is 10.9 Å². The molecule has 1 aliphatic heterocycles. The molecule has 0 bridgehead atoms. The summed E-state index contributed by atoms with van der Waals surface area (Å²) in [7, 11) is 1.72. The predicted octanol–water partition coefficient (Wildman–Crippen LogP) is 5.20. The highest BCUT2D eigenvalue weighted by molar-refractivity contribution is 5.88. The number of hydrogen-bond donors (Lipinski definition) is 2. The highest BCUT2D eigenvalue weighted by atomic mass is 16.5. The van der Waals surface area contributed by atoms with Gasteiger partial charge >= 0.3 is 0 Å². The van der Waals surface area contributed by atoms with E-state index in [1.165, 1.54) is 38.9 Å². The van der Waals surface area contributed by atoms with Gasteiger partial charge in [0, 0.05) is 47.9 Å². The Morgan fingerprint density at radius 2 is 1.83 bits per heavy atom. The van der Waals surface area contributed by atoms with Gasteiger partial charge in [0.05, 0.1) is 12.7 Å². The molecular formula is C31H34N2O2. The molecule has 35 heavy (non-hydrogen) atoms. The van der Waals surface area contributed by atoms with Crippen LogP contribution in [0.3, 0.4) is 0 Å². The fourth-order valence-electron chi connectivity index (χ4n) is 6.72. The summed E-state index contributed by atoms with van der Waals surface area (Å²) < 4.78 is 5.60. The summed E-state index contributed by atoms with van der Waals surface area (Å²) in [6, 6.07) is 25.5. The normalized spacial score (nSPS) is 24.2. The Morgan fingerprint density at radius 1 is 1.00 bits per heavy atom. The van der Waals surface area contributed by atoms with Crippen molar-refractivity contribution >= 4 is 10.9 Å². The Hall–Kier alpha value is -3.08. The van der Waals surface area contributed by atoms with Crippen molar-refractivity contribution in [2.45, 2.75) is 43.6 Å². The maximum Gasteiger partial charge on any atom is 0.119 e. The molecule has 0 saturated carbocycles. The maximum absolute atomic E-state index is 12.6. The van der Waals surface area contributed by atoms with Crippen LogP contribution in [0.5, 0.6) is 5.75 Å². The van der Waals surface area contributed by atoms with Gasteiger partial charge in [0.25, 0.3) is 0 Å². The number of nitrogens with one attached hydrogen (secondary N) is 1. The number of aromatic nitrogens is 1. The summed E-state index contributed by atoms with van der Waals surface area (Å²) in [5.41, 5.74) is 6.34. The molecular weight excluding hydrogens is 432 g/mol. The molecule has 2 N–H and O–H groups in total. The van der Waals surface area contributed by atoms with Crippen LogP contribution in [0.1, 0.15) is 34.4 Å². The van der Waals surface area contributed by atoms with Crippen LogP contribution in [-0.2, 0) is 24.7 Å². The van der Waals surface area contributed by atoms with Crippen LogP contribution in [0, 0.1) is 6.92 Å². The Balaban J connectivity index is 1.41. The lowest BCUT2D eigenvalue weighted by molar-refractivity contribution is -0.102. The summed E-state index contributed by atoms with van der Waals surface area (Å²) >= 11 is 0. The van der Waals surface area contributed by atoms with Gasteiger partial charge in [-0.05, 0) is 66.8 Å². The molecule has 3 aromatic carbocycles. The molecule has 1 aromatic heterocycles. The molecule has 0 radical (unpaired) electrons. The topological polar surface area (TPSA) is 48.5 Å². The van der Waals surface area contributed by atoms with Gasteiger partial charge in [-0.2, -0.15) is 0 Å². The second kappa shape index (κ2) is 8.54. The average Bonchev–Trinajstić information content (AvgIpc) is 3.23. The van der Waals surface area contributed by atoms with Crippen LogP contribution in [0.4, 0.5) is 0 Å². The number of aromatic amines is 1. The van der Waals surface area contributed by atoms with Crippen molar-refractivity contribution in [2.75, 3.05) is 26.7 Å². The highest BCUT2D eigenvalue weighted by Gasteiger charge is 2.57. The molecule has 1 fully saturated rings. The number of methoxy groups -OCH3 is 1. The Bertz CT molecular complexity index is 1360. The van der Waals surface area contributed by atoms with Gasteiger partial charge in [0.1, 0.15) is 5.75 Å². The van der Waals surface area contributed by atoms with E-state index in [4.69, 9.17) is 4.74 Å². The van der Waals surface area contributed by atoms with Gasteiger partial charge in [-0.15, -0.1) is 0 Å². The molecule has 1 saturated heterocycles. The Morgan fingerprint density at radius 3 is 2.66 bits per heavy atom. The molecule has 6 rings (SSSR count). The van der Waals surface area contributed by atoms with Crippen molar-refractivity contribution in [3.8, 4) is 5.75 Å². The number of ether oxygens (including phenoxy) is 1. The minimum absolute atomic E-state index is 0.355. The van der Waals surface area contributed by atoms with Gasteiger partial charge in [0.2, 0.25) is 0 Å². The lowest BCUT2D eigenvalue weighted by Crippen LogP contribution is -2.66. The predicted molar refractivity (Wildman–Crippen MR) is 141 cm³/mol. The second-order valence-electron chi connectivity index (χ2n) is 10.5. The molecule has 2 unspecified atom stereocenters. The molecule has 2 heterocycles. The van der Waals surface area contributed by atoms with E-state index in [9.17, 15) is 5.11 Å². The molecule has 4 nitrogen and oxygen atoms in total. The summed E-state index contributed by atoms with van der Waals surface area (Å²) in [5.74, 6) is 0.851. The molecule has 2 aliphatic rings. The number of hydrogen-bond acceptors (Lipinski definition) is 3. The third-order valence-electron chi connectivity index (χ3n) is 8.58. The highest BCUT2D eigenvalue weighted by Crippen LogP contribution is 2.52. The smallest absolute Gasteiger partial charge is 0.119 e. The average molecular weight is 467 g/mol. The zero-order valence-corrected chi connectivity index (χ0v) is 20.7. The van der Waals surface area contributed by atoms with Crippen molar-refractivity contribution in [1.29, 1.82) is 0 Å². The lowest BCUT2D eigenvalue weighted by atomic mass is 9.56. The van der Waals surface area contributed by atoms with Crippen molar-refractivity contribution in [3.05, 3.63) is 101 Å². The summed E-state index contributed by atoms with van der Waals surface area (Å²) in [6.45, 7) is 4.79. The van der Waals surface area contributed by atoms with Crippen LogP contribution in [0.2, 0.25) is 0 Å². The van der Waals surface area contributed by atoms with Crippen molar-refractivity contribution in [1.82, 2.24) is 9.88 Å². The number of nitrogens with zero attached hydrogens (tertiary/aromatic N) is 1. The molecule has 180 valence electrons. The van der Waals surface area contributed by atoms with E-state index < -0.39 is 5.60 Å². The number of piperidine rings is 1. The summed E-state index contributed by atoms with van der Waals surface area (Å²) in [5, 5.41) is 13.9. The van der Waals surface area contributed by atoms with E-state index in [0.717, 1.165) is 38.1 Å². The quantitative estimate of drug-likeness (QED) is 0.425. The Kier molecular flexibility index (Phi) is 5.46. The van der Waals surface area contributed by atoms with Crippen molar-refractivity contribution in [3.63, 3.8) is 0 Å². The first-order valence-corrected chi connectivity index (χ1v) is 12.7. The fourth-order valence-corrected chi connectivity index (χ4v) is 6.72. The Labute approximate surface area is 207 Å². The molecule has 4 aromatic rings. The third kappa shape index (κ3) is 3.67. The number of β-amino-alcohol motifs (C(OH)–C–C–N with tert-alkyl or cyclic N) is 1. The third-order valence-corrected chi connectivity index (χ3v) is 8.58. The van der Waals surface area contributed by atoms with Gasteiger partial charge in [-0.3, -0.25) is 0 Å². The molecule has 4 heteroatoms. The van der Waals surface area contributed by atoms with E-state index in [1.807, 2.05) is 6.07 Å². The van der Waals surface area contributed by atoms with E-state index in [1.54, 1.807) is 7.11 Å². The monoisotopic (exact) mass is 466 g/mol. The number of aliphatic hydroxyl groups is 1. The number of fused-ring (bicyclic) bond motifs is 4. The van der Waals surface area contributed by atoms with Crippen LogP contribution < -0.4 is 4.74 Å². The minimum atomic E-state index is -0.862. The molecule has 0 amide bonds. The first-order valence-electron chi connectivity index (χ1n) is 12.7. The maximum atomic E-state index is 12.6. The standard InChI is InChI=1S/C31H34N2O2/c1-22-8-6-13-27-29(22)26-19-31(34)21-33(16-14-23-9-4-3-5-10-23)17-15-30(31,20-28(26)32-27)24-11-7-12-25(18-24)35-2/h3-13,18,32,34H,14-17,19-21H2,1-2H3. The van der Waals surface area contributed by atoms with Crippen LogP contribution in [-0.4, -0.2) is 47.3 Å². The number of likely N-dealkylation sites (tertiary alicyclic amines) is 1. The van der Waals surface area contributed by atoms with Crippen molar-refractivity contribution in [2.24, 2.45) is 0 Å². The van der Waals surface area contributed by atoms with Gasteiger partial charge < -0.3 is 19.7 Å². The first kappa shape index (κ1) is 22.4. The number of benzene rings is 3. The van der Waals surface area contributed by atoms with Crippen LogP contribution >= 0.6 is 0 Å². The van der Waals surface area contributed by atoms with E-state index in [0.29, 0.717) is 13.0 Å². The second-order valence-corrected chi connectivity index (χ2v) is 10.5. The minimum Gasteiger partial charge on any atom is -0.497 e. The van der Waals surface area contributed by atoms with Crippen molar-refractivity contribution < 1.29 is 9.84 Å². The lowest BCUT2D eigenvalue weighted by Gasteiger charge is -2.56. The molecule has 0 spiro atoms. The van der Waals surface area contributed by atoms with E-state index in [-0.39, 0.29) is 5.41 Å². The van der Waals surface area contributed by atoms with Gasteiger partial charge in [-0.25, -0.2) is 0 Å². The zero-order valence-electron chi connectivity index (χ0n) is 20.7. The summed E-state index contributed by atoms with van der Waals surface area (Å²) in [6.07, 6.45) is 3.39. The van der Waals surface area contributed by atoms with E-state index >= 15 is 0 Å². The fraction of sp³-hybridized carbons (Fsp3) is 0.355. The largest absolute Gasteiger partial charge is 0.497 e. The van der Waals surface area contributed by atoms with E-state index in [2.05, 4.69) is 83.5 Å². The number of H-pyrrole nitrogens is 1. The molecule has 1 aliphatic carbocycles. The van der Waals surface area contributed by atoms with Crippen LogP contribution in [0.15, 0.2) is 72.8 Å².